The van der Waals surface area contributed by atoms with E-state index in [0.717, 1.165) is 24.2 Å². The number of nitrogens with zero attached hydrogens (tertiary/aromatic N) is 3. The molecule has 4 heterocycles. The minimum absolute atomic E-state index is 0.156. The van der Waals surface area contributed by atoms with E-state index in [2.05, 4.69) is 19.9 Å². The van der Waals surface area contributed by atoms with E-state index in [-0.39, 0.29) is 16.9 Å². The van der Waals surface area contributed by atoms with Crippen molar-refractivity contribution < 1.29 is 8.78 Å². The molecule has 0 unspecified atom stereocenters. The lowest BCUT2D eigenvalue weighted by Crippen LogP contribution is -2.28. The number of aromatic nitrogens is 3. The Morgan fingerprint density at radius 1 is 1.18 bits per heavy atom. The van der Waals surface area contributed by atoms with Crippen molar-refractivity contribution in [2.45, 2.75) is 26.3 Å². The molecular formula is C21H20F2N4O. The van der Waals surface area contributed by atoms with E-state index in [9.17, 15) is 13.6 Å². The van der Waals surface area contributed by atoms with Gasteiger partial charge in [-0.05, 0) is 36.6 Å². The van der Waals surface area contributed by atoms with Crippen molar-refractivity contribution in [2.75, 3.05) is 13.1 Å². The van der Waals surface area contributed by atoms with Crippen molar-refractivity contribution in [3.63, 3.8) is 0 Å². The highest BCUT2D eigenvalue weighted by Gasteiger charge is 2.18. The first-order valence-electron chi connectivity index (χ1n) is 9.27. The number of nitrogens with one attached hydrogen (secondary N) is 1. The molecule has 0 aromatic carbocycles. The number of rotatable bonds is 4. The van der Waals surface area contributed by atoms with Crippen LogP contribution in [0, 0.1) is 11.6 Å². The van der Waals surface area contributed by atoms with E-state index in [0.29, 0.717) is 36.2 Å². The van der Waals surface area contributed by atoms with E-state index in [1.165, 1.54) is 18.5 Å². The van der Waals surface area contributed by atoms with Crippen LogP contribution in [0.25, 0.3) is 16.6 Å². The van der Waals surface area contributed by atoms with Crippen molar-refractivity contribution in [1.29, 1.82) is 0 Å². The molecule has 0 amide bonds. The number of pyridine rings is 3. The Hall–Kier alpha value is -2.93. The smallest absolute Gasteiger partial charge is 0.251 e. The van der Waals surface area contributed by atoms with Crippen LogP contribution < -0.4 is 5.56 Å². The van der Waals surface area contributed by atoms with Gasteiger partial charge in [0.1, 0.15) is 11.3 Å². The predicted octanol–water partition coefficient (Wildman–Crippen LogP) is 3.45. The summed E-state index contributed by atoms with van der Waals surface area (Å²) in [6, 6.07) is 4.72. The van der Waals surface area contributed by atoms with E-state index in [1.807, 2.05) is 13.0 Å². The molecule has 28 heavy (non-hydrogen) atoms. The number of H-pyrrole nitrogens is 1. The minimum atomic E-state index is -0.431. The molecule has 5 nitrogen and oxygen atoms in total. The summed E-state index contributed by atoms with van der Waals surface area (Å²) in [7, 11) is 0. The Balaban J connectivity index is 1.53. The summed E-state index contributed by atoms with van der Waals surface area (Å²) >= 11 is 0. The maximum Gasteiger partial charge on any atom is 0.251 e. The predicted molar refractivity (Wildman–Crippen MR) is 104 cm³/mol. The maximum atomic E-state index is 14.9. The molecule has 1 N–H and O–H groups in total. The van der Waals surface area contributed by atoms with Crippen LogP contribution in [0.2, 0.25) is 0 Å². The average Bonchev–Trinajstić information content (AvgIpc) is 2.71. The highest BCUT2D eigenvalue weighted by Crippen LogP contribution is 2.23. The number of aromatic amines is 1. The van der Waals surface area contributed by atoms with Gasteiger partial charge in [-0.3, -0.25) is 19.7 Å². The number of fused-ring (bicyclic) bond motifs is 1. The monoisotopic (exact) mass is 382 g/mol. The minimum Gasteiger partial charge on any atom is -0.318 e. The summed E-state index contributed by atoms with van der Waals surface area (Å²) in [5.74, 6) is -0.787. The van der Waals surface area contributed by atoms with E-state index in [4.69, 9.17) is 0 Å². The third kappa shape index (κ3) is 3.57. The van der Waals surface area contributed by atoms with Crippen LogP contribution in [0.5, 0.6) is 0 Å². The molecule has 7 heteroatoms. The number of hydrogen-bond donors (Lipinski definition) is 1. The molecule has 0 fully saturated rings. The summed E-state index contributed by atoms with van der Waals surface area (Å²) in [6.07, 6.45) is 6.10. The number of aryl methyl sites for hydroxylation is 1. The van der Waals surface area contributed by atoms with E-state index >= 15 is 0 Å². The zero-order valence-corrected chi connectivity index (χ0v) is 15.5. The molecule has 0 spiro atoms. The van der Waals surface area contributed by atoms with Gasteiger partial charge in [0, 0.05) is 37.0 Å². The second kappa shape index (κ2) is 7.59. The molecular weight excluding hydrogens is 362 g/mol. The lowest BCUT2D eigenvalue weighted by molar-refractivity contribution is 0.289. The van der Waals surface area contributed by atoms with Gasteiger partial charge < -0.3 is 4.98 Å². The van der Waals surface area contributed by atoms with Crippen LogP contribution in [0.3, 0.4) is 0 Å². The van der Waals surface area contributed by atoms with Crippen LogP contribution in [0.1, 0.15) is 30.2 Å². The van der Waals surface area contributed by atoms with E-state index < -0.39 is 5.82 Å². The second-order valence-corrected chi connectivity index (χ2v) is 6.91. The van der Waals surface area contributed by atoms with Crippen molar-refractivity contribution in [2.24, 2.45) is 0 Å². The third-order valence-corrected chi connectivity index (χ3v) is 5.08. The van der Waals surface area contributed by atoms with Crippen LogP contribution >= 0.6 is 0 Å². The van der Waals surface area contributed by atoms with Gasteiger partial charge in [-0.25, -0.2) is 8.78 Å². The quantitative estimate of drug-likeness (QED) is 0.751. The van der Waals surface area contributed by atoms with Crippen molar-refractivity contribution in [3.05, 3.63) is 75.5 Å². The molecule has 0 saturated carbocycles. The molecule has 0 bridgehead atoms. The number of halogens is 2. The molecule has 0 aliphatic carbocycles. The van der Waals surface area contributed by atoms with Crippen molar-refractivity contribution in [1.82, 2.24) is 19.9 Å². The molecule has 1 aliphatic heterocycles. The standard InChI is InChI=1S/C21H20F2N4O/c1-2-13-9-18-20(26-21(13)28)19(23)15(10-24-18)12-27-7-5-14(6-8-27)17-4-3-16(22)11-25-17/h3-5,9-11H,2,6-8,12H2,1H3,(H,26,28). The summed E-state index contributed by atoms with van der Waals surface area (Å²) < 4.78 is 27.9. The van der Waals surface area contributed by atoms with Gasteiger partial charge in [0.15, 0.2) is 5.82 Å². The summed E-state index contributed by atoms with van der Waals surface area (Å²) in [6.45, 7) is 3.64. The highest BCUT2D eigenvalue weighted by atomic mass is 19.1. The fraction of sp³-hybridized carbons (Fsp3) is 0.286. The lowest BCUT2D eigenvalue weighted by atomic mass is 10.0. The summed E-state index contributed by atoms with van der Waals surface area (Å²) in [5, 5.41) is 0. The summed E-state index contributed by atoms with van der Waals surface area (Å²) in [4.78, 5) is 25.2. The van der Waals surface area contributed by atoms with Crippen LogP contribution in [-0.2, 0) is 13.0 Å². The molecule has 3 aromatic rings. The van der Waals surface area contributed by atoms with Crippen LogP contribution in [0.15, 0.2) is 41.5 Å². The van der Waals surface area contributed by atoms with Gasteiger partial charge in [-0.15, -0.1) is 0 Å². The topological polar surface area (TPSA) is 61.9 Å². The van der Waals surface area contributed by atoms with Gasteiger partial charge in [-0.2, -0.15) is 0 Å². The molecule has 4 rings (SSSR count). The molecule has 144 valence electrons. The van der Waals surface area contributed by atoms with Gasteiger partial charge in [-0.1, -0.05) is 13.0 Å². The van der Waals surface area contributed by atoms with Gasteiger partial charge in [0.2, 0.25) is 0 Å². The fourth-order valence-corrected chi connectivity index (χ4v) is 3.46. The number of hydrogen-bond acceptors (Lipinski definition) is 4. The SMILES string of the molecule is CCc1cc2ncc(CN3CC=C(c4ccc(F)cn4)CC3)c(F)c2[nH]c1=O. The van der Waals surface area contributed by atoms with Crippen LogP contribution in [0.4, 0.5) is 8.78 Å². The van der Waals surface area contributed by atoms with E-state index in [1.54, 1.807) is 12.1 Å². The Morgan fingerprint density at radius 3 is 2.71 bits per heavy atom. The first kappa shape index (κ1) is 18.4. The summed E-state index contributed by atoms with van der Waals surface area (Å²) in [5.41, 5.74) is 3.21. The Morgan fingerprint density at radius 2 is 2.04 bits per heavy atom. The molecule has 3 aromatic heterocycles. The lowest BCUT2D eigenvalue weighted by Gasteiger charge is -2.26. The average molecular weight is 382 g/mol. The fourth-order valence-electron chi connectivity index (χ4n) is 3.46. The Kier molecular flexibility index (Phi) is 5.00. The van der Waals surface area contributed by atoms with Gasteiger partial charge in [0.25, 0.3) is 5.56 Å². The Labute approximate surface area is 160 Å². The molecule has 1 aliphatic rings. The zero-order valence-electron chi connectivity index (χ0n) is 15.5. The molecule has 0 atom stereocenters. The highest BCUT2D eigenvalue weighted by molar-refractivity contribution is 5.75. The second-order valence-electron chi connectivity index (χ2n) is 6.91. The van der Waals surface area contributed by atoms with Gasteiger partial charge >= 0.3 is 0 Å². The Bertz CT molecular complexity index is 1110. The van der Waals surface area contributed by atoms with Crippen molar-refractivity contribution >= 4 is 16.6 Å². The normalized spacial score (nSPS) is 15.0. The third-order valence-electron chi connectivity index (χ3n) is 5.08. The van der Waals surface area contributed by atoms with Crippen molar-refractivity contribution in [3.8, 4) is 0 Å². The first-order valence-corrected chi connectivity index (χ1v) is 9.27. The first-order chi connectivity index (χ1) is 13.5. The molecule has 0 saturated heterocycles. The maximum absolute atomic E-state index is 14.9. The molecule has 0 radical (unpaired) electrons. The van der Waals surface area contributed by atoms with Gasteiger partial charge in [0.05, 0.1) is 17.4 Å². The largest absolute Gasteiger partial charge is 0.318 e. The van der Waals surface area contributed by atoms with Crippen LogP contribution in [-0.4, -0.2) is 32.9 Å². The zero-order chi connectivity index (χ0) is 19.7.